The first-order chi connectivity index (χ1) is 6.68. The topological polar surface area (TPSA) is 36.9 Å². The van der Waals surface area contributed by atoms with Gasteiger partial charge in [-0.2, -0.15) is 0 Å². The Kier molecular flexibility index (Phi) is 2.63. The van der Waals surface area contributed by atoms with Gasteiger partial charge in [0.1, 0.15) is 0 Å². The summed E-state index contributed by atoms with van der Waals surface area (Å²) >= 11 is 0. The van der Waals surface area contributed by atoms with Gasteiger partial charge in [-0.3, -0.25) is 4.99 Å². The number of guanidine groups is 1. The van der Waals surface area contributed by atoms with Crippen molar-refractivity contribution in [1.82, 2.24) is 10.2 Å². The first-order valence-corrected chi connectivity index (χ1v) is 5.34. The lowest BCUT2D eigenvalue weighted by Crippen LogP contribution is -2.47. The Hall–Kier alpha value is -0.770. The highest BCUT2D eigenvalue weighted by Crippen LogP contribution is 2.18. The van der Waals surface area contributed by atoms with Crippen LogP contribution in [-0.4, -0.2) is 49.2 Å². The molecule has 4 nitrogen and oxygen atoms in total. The molecule has 0 aliphatic carbocycles. The molecule has 0 aromatic heterocycles. The summed E-state index contributed by atoms with van der Waals surface area (Å²) in [6.45, 7) is 6.05. The van der Waals surface area contributed by atoms with Gasteiger partial charge in [0.2, 0.25) is 0 Å². The lowest BCUT2D eigenvalue weighted by molar-refractivity contribution is 0.0993. The third kappa shape index (κ3) is 1.71. The quantitative estimate of drug-likeness (QED) is 0.663. The van der Waals surface area contributed by atoms with Crippen LogP contribution in [0.15, 0.2) is 4.99 Å². The van der Waals surface area contributed by atoms with Crippen molar-refractivity contribution in [3.05, 3.63) is 0 Å². The molecule has 14 heavy (non-hydrogen) atoms. The van der Waals surface area contributed by atoms with Gasteiger partial charge < -0.3 is 15.0 Å². The van der Waals surface area contributed by atoms with Crippen molar-refractivity contribution in [2.75, 3.05) is 20.2 Å². The zero-order chi connectivity index (χ0) is 10.1. The maximum absolute atomic E-state index is 5.55. The molecule has 0 amide bonds. The predicted molar refractivity (Wildman–Crippen MR) is 56.5 cm³/mol. The van der Waals surface area contributed by atoms with Crippen molar-refractivity contribution < 1.29 is 4.74 Å². The molecule has 3 unspecified atom stereocenters. The minimum atomic E-state index is 0.320. The number of ether oxygens (including phenoxy) is 1. The number of aliphatic imine (C=N–C) groups is 1. The third-order valence-corrected chi connectivity index (χ3v) is 3.06. The van der Waals surface area contributed by atoms with E-state index in [1.54, 1.807) is 0 Å². The standard InChI is InChI=1S/C10H19N3O/c1-7-6-11-10(12-7)13(3)9-4-5-14-8(9)2/h7-9H,4-6H2,1-3H3,(H,11,12). The second kappa shape index (κ2) is 3.77. The minimum absolute atomic E-state index is 0.320. The van der Waals surface area contributed by atoms with Crippen molar-refractivity contribution in [2.45, 2.75) is 38.5 Å². The van der Waals surface area contributed by atoms with Gasteiger partial charge >= 0.3 is 0 Å². The summed E-state index contributed by atoms with van der Waals surface area (Å²) in [5.41, 5.74) is 0. The lowest BCUT2D eigenvalue weighted by Gasteiger charge is -2.28. The van der Waals surface area contributed by atoms with Crippen molar-refractivity contribution in [1.29, 1.82) is 0 Å². The Bertz CT molecular complexity index is 242. The molecule has 0 radical (unpaired) electrons. The van der Waals surface area contributed by atoms with Gasteiger partial charge in [0.05, 0.1) is 18.7 Å². The van der Waals surface area contributed by atoms with Crippen LogP contribution in [0.4, 0.5) is 0 Å². The highest BCUT2D eigenvalue weighted by Gasteiger charge is 2.31. The first-order valence-electron chi connectivity index (χ1n) is 5.34. The second-order valence-electron chi connectivity index (χ2n) is 4.25. The third-order valence-electron chi connectivity index (χ3n) is 3.06. The fourth-order valence-corrected chi connectivity index (χ4v) is 2.13. The van der Waals surface area contributed by atoms with Crippen LogP contribution < -0.4 is 5.32 Å². The van der Waals surface area contributed by atoms with E-state index in [9.17, 15) is 0 Å². The normalized spacial score (nSPS) is 36.8. The molecule has 1 N–H and O–H groups in total. The highest BCUT2D eigenvalue weighted by molar-refractivity contribution is 5.82. The zero-order valence-electron chi connectivity index (χ0n) is 9.16. The largest absolute Gasteiger partial charge is 0.376 e. The molecule has 3 atom stereocenters. The fourth-order valence-electron chi connectivity index (χ4n) is 2.13. The van der Waals surface area contributed by atoms with Gasteiger partial charge in [-0.1, -0.05) is 0 Å². The molecule has 4 heteroatoms. The summed E-state index contributed by atoms with van der Waals surface area (Å²) in [4.78, 5) is 6.69. The molecule has 1 saturated heterocycles. The molecule has 0 aromatic carbocycles. The van der Waals surface area contributed by atoms with Crippen molar-refractivity contribution in [3.63, 3.8) is 0 Å². The molecular formula is C10H19N3O. The Balaban J connectivity index is 1.97. The summed E-state index contributed by atoms with van der Waals surface area (Å²) in [7, 11) is 2.10. The highest BCUT2D eigenvalue weighted by atomic mass is 16.5. The van der Waals surface area contributed by atoms with E-state index in [1.165, 1.54) is 0 Å². The summed E-state index contributed by atoms with van der Waals surface area (Å²) in [5.74, 6) is 1.03. The van der Waals surface area contributed by atoms with Gasteiger partial charge in [-0.25, -0.2) is 0 Å². The maximum atomic E-state index is 5.55. The summed E-state index contributed by atoms with van der Waals surface area (Å²) < 4.78 is 5.55. The molecule has 0 spiro atoms. The monoisotopic (exact) mass is 197 g/mol. The zero-order valence-corrected chi connectivity index (χ0v) is 9.16. The van der Waals surface area contributed by atoms with Gasteiger partial charge in [-0.15, -0.1) is 0 Å². The summed E-state index contributed by atoms with van der Waals surface area (Å²) in [6, 6.07) is 0.955. The number of likely N-dealkylation sites (N-methyl/N-ethyl adjacent to an activating group) is 1. The van der Waals surface area contributed by atoms with Gasteiger partial charge in [-0.05, 0) is 20.3 Å². The van der Waals surface area contributed by atoms with E-state index in [0.29, 0.717) is 18.2 Å². The Morgan fingerprint density at radius 1 is 1.50 bits per heavy atom. The van der Waals surface area contributed by atoms with Gasteiger partial charge in [0, 0.05) is 19.7 Å². The van der Waals surface area contributed by atoms with Gasteiger partial charge in [0.15, 0.2) is 5.96 Å². The van der Waals surface area contributed by atoms with Crippen LogP contribution in [-0.2, 0) is 4.74 Å². The van der Waals surface area contributed by atoms with E-state index >= 15 is 0 Å². The second-order valence-corrected chi connectivity index (χ2v) is 4.25. The number of nitrogens with one attached hydrogen (secondary N) is 1. The van der Waals surface area contributed by atoms with Crippen LogP contribution in [0.25, 0.3) is 0 Å². The van der Waals surface area contributed by atoms with Crippen LogP contribution in [0.5, 0.6) is 0 Å². The Morgan fingerprint density at radius 3 is 2.79 bits per heavy atom. The van der Waals surface area contributed by atoms with E-state index in [1.807, 2.05) is 0 Å². The molecule has 1 fully saturated rings. The van der Waals surface area contributed by atoms with Crippen LogP contribution in [0.3, 0.4) is 0 Å². The Morgan fingerprint density at radius 2 is 2.29 bits per heavy atom. The van der Waals surface area contributed by atoms with Crippen LogP contribution in [0, 0.1) is 0 Å². The molecule has 0 bridgehead atoms. The molecule has 2 aliphatic heterocycles. The first kappa shape index (κ1) is 9.77. The molecule has 2 aliphatic rings. The average Bonchev–Trinajstić information content (AvgIpc) is 2.73. The number of hydrogen-bond donors (Lipinski definition) is 1. The average molecular weight is 197 g/mol. The van der Waals surface area contributed by atoms with E-state index in [2.05, 4.69) is 36.1 Å². The van der Waals surface area contributed by atoms with Gasteiger partial charge in [0.25, 0.3) is 0 Å². The smallest absolute Gasteiger partial charge is 0.194 e. The lowest BCUT2D eigenvalue weighted by atomic mass is 10.1. The summed E-state index contributed by atoms with van der Waals surface area (Å²) in [5, 5.41) is 3.37. The molecule has 0 saturated carbocycles. The van der Waals surface area contributed by atoms with E-state index in [0.717, 1.165) is 25.5 Å². The Labute approximate surface area is 85.3 Å². The maximum Gasteiger partial charge on any atom is 0.194 e. The van der Waals surface area contributed by atoms with Crippen molar-refractivity contribution in [3.8, 4) is 0 Å². The minimum Gasteiger partial charge on any atom is -0.376 e. The van der Waals surface area contributed by atoms with Crippen molar-refractivity contribution in [2.24, 2.45) is 4.99 Å². The molecule has 2 heterocycles. The molecule has 2 rings (SSSR count). The molecular weight excluding hydrogens is 178 g/mol. The van der Waals surface area contributed by atoms with Crippen LogP contribution >= 0.6 is 0 Å². The van der Waals surface area contributed by atoms with Crippen LogP contribution in [0.2, 0.25) is 0 Å². The number of rotatable bonds is 1. The van der Waals surface area contributed by atoms with Crippen molar-refractivity contribution >= 4 is 5.96 Å². The van der Waals surface area contributed by atoms with E-state index in [-0.39, 0.29) is 0 Å². The number of hydrogen-bond acceptors (Lipinski definition) is 4. The molecule has 0 aromatic rings. The molecule has 80 valence electrons. The summed E-state index contributed by atoms with van der Waals surface area (Å²) in [6.07, 6.45) is 1.42. The SMILES string of the molecule is CC1CN=C(N(C)C2CCOC2C)N1. The predicted octanol–water partition coefficient (Wildman–Crippen LogP) is 0.443. The van der Waals surface area contributed by atoms with E-state index in [4.69, 9.17) is 4.74 Å². The van der Waals surface area contributed by atoms with Crippen LogP contribution in [0.1, 0.15) is 20.3 Å². The number of nitrogens with zero attached hydrogens (tertiary/aromatic N) is 2. The fraction of sp³-hybridized carbons (Fsp3) is 0.900. The van der Waals surface area contributed by atoms with E-state index < -0.39 is 0 Å².